The van der Waals surface area contributed by atoms with Crippen LogP contribution in [0.2, 0.25) is 0 Å². The molecule has 1 heterocycles. The SMILES string of the molecule is CCN(Cc1cccs1)c1ccc(N)cc1S(N)(=O)=O. The van der Waals surface area contributed by atoms with Gasteiger partial charge >= 0.3 is 0 Å². The molecule has 0 aliphatic carbocycles. The normalized spacial score (nSPS) is 11.5. The van der Waals surface area contributed by atoms with Crippen molar-refractivity contribution in [3.8, 4) is 0 Å². The number of primary sulfonamides is 1. The van der Waals surface area contributed by atoms with Gasteiger partial charge in [0.2, 0.25) is 10.0 Å². The largest absolute Gasteiger partial charge is 0.399 e. The Bertz CT molecular complexity index is 682. The van der Waals surface area contributed by atoms with Crippen LogP contribution in [0.15, 0.2) is 40.6 Å². The summed E-state index contributed by atoms with van der Waals surface area (Å²) in [6.07, 6.45) is 0. The van der Waals surface area contributed by atoms with Gasteiger partial charge in [-0.15, -0.1) is 11.3 Å². The average Bonchev–Trinajstić information content (AvgIpc) is 2.88. The van der Waals surface area contributed by atoms with E-state index in [0.717, 1.165) is 4.88 Å². The number of benzene rings is 1. The molecule has 0 aliphatic heterocycles. The van der Waals surface area contributed by atoms with Gasteiger partial charge in [-0.05, 0) is 36.6 Å². The van der Waals surface area contributed by atoms with Gasteiger partial charge in [0, 0.05) is 17.1 Å². The van der Waals surface area contributed by atoms with E-state index in [1.165, 1.54) is 6.07 Å². The molecule has 0 fully saturated rings. The average molecular weight is 311 g/mol. The van der Waals surface area contributed by atoms with E-state index in [9.17, 15) is 8.42 Å². The van der Waals surface area contributed by atoms with Crippen molar-refractivity contribution in [2.45, 2.75) is 18.4 Å². The van der Waals surface area contributed by atoms with E-state index in [2.05, 4.69) is 0 Å². The molecule has 0 spiro atoms. The quantitative estimate of drug-likeness (QED) is 0.827. The number of hydrogen-bond acceptors (Lipinski definition) is 5. The topological polar surface area (TPSA) is 89.4 Å². The number of nitrogen functional groups attached to an aromatic ring is 1. The summed E-state index contributed by atoms with van der Waals surface area (Å²) in [4.78, 5) is 3.19. The molecule has 0 saturated heterocycles. The van der Waals surface area contributed by atoms with Gasteiger partial charge in [0.15, 0.2) is 0 Å². The van der Waals surface area contributed by atoms with Gasteiger partial charge in [-0.1, -0.05) is 6.07 Å². The smallest absolute Gasteiger partial charge is 0.240 e. The van der Waals surface area contributed by atoms with Crippen molar-refractivity contribution in [3.05, 3.63) is 40.6 Å². The fourth-order valence-corrected chi connectivity index (χ4v) is 3.49. The molecule has 20 heavy (non-hydrogen) atoms. The number of rotatable bonds is 5. The van der Waals surface area contributed by atoms with Crippen molar-refractivity contribution < 1.29 is 8.42 Å². The minimum Gasteiger partial charge on any atom is -0.399 e. The third-order valence-corrected chi connectivity index (χ3v) is 4.74. The molecule has 7 heteroatoms. The highest BCUT2D eigenvalue weighted by atomic mass is 32.2. The number of nitrogens with zero attached hydrogens (tertiary/aromatic N) is 1. The van der Waals surface area contributed by atoms with Crippen LogP contribution in [0.1, 0.15) is 11.8 Å². The van der Waals surface area contributed by atoms with Crippen LogP contribution in [-0.2, 0) is 16.6 Å². The maximum absolute atomic E-state index is 11.7. The molecule has 0 saturated carbocycles. The molecular weight excluding hydrogens is 294 g/mol. The maximum Gasteiger partial charge on any atom is 0.240 e. The zero-order valence-corrected chi connectivity index (χ0v) is 12.7. The van der Waals surface area contributed by atoms with E-state index in [0.29, 0.717) is 24.5 Å². The Morgan fingerprint density at radius 3 is 2.60 bits per heavy atom. The monoisotopic (exact) mass is 311 g/mol. The van der Waals surface area contributed by atoms with Crippen LogP contribution in [-0.4, -0.2) is 15.0 Å². The van der Waals surface area contributed by atoms with Crippen LogP contribution < -0.4 is 15.8 Å². The van der Waals surface area contributed by atoms with Gasteiger partial charge in [-0.2, -0.15) is 0 Å². The van der Waals surface area contributed by atoms with Crippen molar-refractivity contribution in [2.75, 3.05) is 17.2 Å². The van der Waals surface area contributed by atoms with Gasteiger partial charge in [0.05, 0.1) is 12.2 Å². The Morgan fingerprint density at radius 1 is 1.30 bits per heavy atom. The molecule has 0 radical (unpaired) electrons. The fraction of sp³-hybridized carbons (Fsp3) is 0.231. The van der Waals surface area contributed by atoms with E-state index in [-0.39, 0.29) is 4.90 Å². The van der Waals surface area contributed by atoms with Crippen molar-refractivity contribution in [1.29, 1.82) is 0 Å². The molecule has 4 N–H and O–H groups in total. The highest BCUT2D eigenvalue weighted by Crippen LogP contribution is 2.28. The van der Waals surface area contributed by atoms with Crippen LogP contribution in [0.5, 0.6) is 0 Å². The molecular formula is C13H17N3O2S2. The lowest BCUT2D eigenvalue weighted by molar-refractivity contribution is 0.597. The molecule has 0 atom stereocenters. The summed E-state index contributed by atoms with van der Waals surface area (Å²) in [6.45, 7) is 3.28. The lowest BCUT2D eigenvalue weighted by Gasteiger charge is -2.24. The number of anilines is 2. The van der Waals surface area contributed by atoms with Gasteiger partial charge < -0.3 is 10.6 Å². The summed E-state index contributed by atoms with van der Waals surface area (Å²) in [5, 5.41) is 7.28. The third-order valence-electron chi connectivity index (χ3n) is 2.94. The van der Waals surface area contributed by atoms with Crippen LogP contribution >= 0.6 is 11.3 Å². The molecule has 0 bridgehead atoms. The lowest BCUT2D eigenvalue weighted by atomic mass is 10.2. The Kier molecular flexibility index (Phi) is 4.32. The van der Waals surface area contributed by atoms with Crippen molar-refractivity contribution in [2.24, 2.45) is 5.14 Å². The first-order valence-corrected chi connectivity index (χ1v) is 8.54. The number of nitrogens with two attached hydrogens (primary N) is 2. The molecule has 2 aromatic rings. The molecule has 0 amide bonds. The summed E-state index contributed by atoms with van der Waals surface area (Å²) in [7, 11) is -3.81. The van der Waals surface area contributed by atoms with Crippen molar-refractivity contribution in [1.82, 2.24) is 0 Å². The first-order valence-electron chi connectivity index (χ1n) is 6.11. The van der Waals surface area contributed by atoms with Crippen LogP contribution in [0.4, 0.5) is 11.4 Å². The van der Waals surface area contributed by atoms with E-state index in [4.69, 9.17) is 10.9 Å². The first-order chi connectivity index (χ1) is 9.41. The van der Waals surface area contributed by atoms with Gasteiger partial charge in [-0.25, -0.2) is 13.6 Å². The summed E-state index contributed by atoms with van der Waals surface area (Å²) >= 11 is 1.63. The minimum atomic E-state index is -3.81. The highest BCUT2D eigenvalue weighted by Gasteiger charge is 2.18. The van der Waals surface area contributed by atoms with E-state index < -0.39 is 10.0 Å². The molecule has 1 aromatic carbocycles. The second kappa shape index (κ2) is 5.82. The Labute approximate surface area is 122 Å². The molecule has 1 aromatic heterocycles. The predicted octanol–water partition coefficient (Wildman–Crippen LogP) is 2.00. The summed E-state index contributed by atoms with van der Waals surface area (Å²) in [5.41, 5.74) is 6.63. The van der Waals surface area contributed by atoms with E-state index in [1.807, 2.05) is 29.3 Å². The molecule has 0 unspecified atom stereocenters. The van der Waals surface area contributed by atoms with E-state index >= 15 is 0 Å². The Morgan fingerprint density at radius 2 is 2.05 bits per heavy atom. The van der Waals surface area contributed by atoms with Crippen LogP contribution in [0.3, 0.4) is 0 Å². The fourth-order valence-electron chi connectivity index (χ4n) is 1.98. The molecule has 2 rings (SSSR count). The number of thiophene rings is 1. The van der Waals surface area contributed by atoms with Gasteiger partial charge in [0.25, 0.3) is 0 Å². The Hall–Kier alpha value is -1.57. The second-order valence-electron chi connectivity index (χ2n) is 4.37. The van der Waals surface area contributed by atoms with Crippen molar-refractivity contribution >= 4 is 32.7 Å². The molecule has 0 aliphatic rings. The summed E-state index contributed by atoms with van der Waals surface area (Å²) in [6, 6.07) is 8.77. The third kappa shape index (κ3) is 3.30. The van der Waals surface area contributed by atoms with Gasteiger partial charge in [-0.3, -0.25) is 0 Å². The molecule has 5 nitrogen and oxygen atoms in total. The summed E-state index contributed by atoms with van der Waals surface area (Å²) in [5.74, 6) is 0. The minimum absolute atomic E-state index is 0.0657. The van der Waals surface area contributed by atoms with Crippen LogP contribution in [0, 0.1) is 0 Å². The number of hydrogen-bond donors (Lipinski definition) is 2. The van der Waals surface area contributed by atoms with Gasteiger partial charge in [0.1, 0.15) is 4.90 Å². The standard InChI is InChI=1S/C13H17N3O2S2/c1-2-16(9-11-4-3-7-19-11)12-6-5-10(14)8-13(12)20(15,17)18/h3-8H,2,9,14H2,1H3,(H2,15,17,18). The second-order valence-corrected chi connectivity index (χ2v) is 6.93. The lowest BCUT2D eigenvalue weighted by Crippen LogP contribution is -2.25. The predicted molar refractivity (Wildman–Crippen MR) is 83.3 cm³/mol. The summed E-state index contributed by atoms with van der Waals surface area (Å²) < 4.78 is 23.5. The number of sulfonamides is 1. The van der Waals surface area contributed by atoms with Crippen molar-refractivity contribution in [3.63, 3.8) is 0 Å². The highest BCUT2D eigenvalue weighted by molar-refractivity contribution is 7.89. The zero-order chi connectivity index (χ0) is 14.8. The Balaban J connectivity index is 2.44. The van der Waals surface area contributed by atoms with E-state index in [1.54, 1.807) is 23.5 Å². The zero-order valence-electron chi connectivity index (χ0n) is 11.1. The molecule has 108 valence electrons. The maximum atomic E-state index is 11.7. The first kappa shape index (κ1) is 14.8. The van der Waals surface area contributed by atoms with Crippen LogP contribution in [0.25, 0.3) is 0 Å².